The number of aromatic nitrogens is 2. The number of nitrogens with zero attached hydrogens (tertiary/aromatic N) is 2. The van der Waals surface area contributed by atoms with E-state index in [9.17, 15) is 5.48 Å². The molecule has 1 aliphatic carbocycles. The first-order chi connectivity index (χ1) is 30.3. The van der Waals surface area contributed by atoms with Crippen LogP contribution in [0.4, 0.5) is 0 Å². The van der Waals surface area contributed by atoms with E-state index >= 15 is 0 Å². The fourth-order valence-corrected chi connectivity index (χ4v) is 6.81. The second-order valence-corrected chi connectivity index (χ2v) is 11.2. The normalized spacial score (nSPS) is 20.5. The van der Waals surface area contributed by atoms with Crippen LogP contribution in [-0.4, -0.2) is 9.55 Å². The maximum atomic E-state index is 9.44. The summed E-state index contributed by atoms with van der Waals surface area (Å²) < 4.78 is 169. The van der Waals surface area contributed by atoms with Crippen LogP contribution in [0.15, 0.2) is 139 Å². The van der Waals surface area contributed by atoms with Crippen molar-refractivity contribution in [3.8, 4) is 39.1 Å². The SMILES string of the molecule is [2H]c1c([2H])c([2H])c2c(-c3ccc4c(c3)C(C([2H])([2H])[2H])(C([2H])([2H])[2H])c3ccccc3-4)c3c([2H])c([2H])c([2H])c([2H])c3c(-c3cccc(-n4c(C([2H])([2H])C([2H])([2H])[2H])nc5ccccc54)c3)c2c1[2H]. The molecule has 8 aromatic rings. The zero-order valence-corrected chi connectivity index (χ0v) is 24.1. The Kier molecular flexibility index (Phi) is 3.03. The van der Waals surface area contributed by atoms with Gasteiger partial charge in [0.15, 0.2) is 0 Å². The van der Waals surface area contributed by atoms with Gasteiger partial charge in [-0.05, 0) is 96.4 Å². The summed E-state index contributed by atoms with van der Waals surface area (Å²) in [5, 5.41) is -0.831. The minimum Gasteiger partial charge on any atom is -0.296 e. The molecule has 9 rings (SSSR count). The van der Waals surface area contributed by atoms with Crippen LogP contribution in [0.3, 0.4) is 0 Å². The molecule has 0 aliphatic heterocycles. The van der Waals surface area contributed by atoms with E-state index in [1.54, 1.807) is 48.5 Å². The summed E-state index contributed by atoms with van der Waals surface area (Å²) in [6.45, 7) is -9.52. The maximum Gasteiger partial charge on any atom is 0.114 e. The molecule has 0 saturated heterocycles. The Bertz CT molecular complexity index is 3260. The standard InChI is InChI=1S/C44H34N2/c1-4-41-45-39-22-11-12-23-40(39)46(41)30-15-13-14-28(26-30)42-33-17-5-7-19-35(33)43(36-20-8-6-18-34(36)42)29-24-25-32-31-16-9-10-21-37(31)44(2,3)38(32)27-29/h5-27H,4H2,1-3H3/i1D3,2D3,3D3,4D2,5D,6D,7D,8D,17D,18D,19D,20D. The molecule has 1 aliphatic rings. The van der Waals surface area contributed by atoms with Crippen LogP contribution in [0.5, 0.6) is 0 Å². The van der Waals surface area contributed by atoms with Crippen LogP contribution in [0.2, 0.25) is 0 Å². The fraction of sp³-hybridized carbons (Fsp3) is 0.114. The number of rotatable bonds is 4. The molecule has 0 radical (unpaired) electrons. The second-order valence-electron chi connectivity index (χ2n) is 11.2. The van der Waals surface area contributed by atoms with E-state index in [0.29, 0.717) is 11.1 Å². The summed E-state index contributed by atoms with van der Waals surface area (Å²) in [6, 6.07) is 18.0. The molecule has 2 heteroatoms. The molecule has 0 unspecified atom stereocenters. The molecular formula is C44H34N2. The van der Waals surface area contributed by atoms with Crippen molar-refractivity contribution >= 4 is 32.6 Å². The average Bonchev–Trinajstić information content (AvgIpc) is 3.80. The second kappa shape index (κ2) is 10.0. The molecule has 0 spiro atoms. The molecule has 2 nitrogen and oxygen atoms in total. The lowest BCUT2D eigenvalue weighted by molar-refractivity contribution is 0.660. The molecule has 0 atom stereocenters. The highest BCUT2D eigenvalue weighted by Gasteiger charge is 2.35. The topological polar surface area (TPSA) is 17.8 Å². The molecule has 0 saturated carbocycles. The number of para-hydroxylation sites is 2. The smallest absolute Gasteiger partial charge is 0.114 e. The van der Waals surface area contributed by atoms with Gasteiger partial charge < -0.3 is 0 Å². The zero-order valence-electron chi connectivity index (χ0n) is 43.1. The van der Waals surface area contributed by atoms with E-state index in [1.165, 1.54) is 47.0 Å². The number of fused-ring (bicyclic) bond motifs is 6. The van der Waals surface area contributed by atoms with E-state index in [4.69, 9.17) is 20.6 Å². The third-order valence-electron chi connectivity index (χ3n) is 8.77. The fourth-order valence-electron chi connectivity index (χ4n) is 6.81. The Labute approximate surface area is 296 Å². The highest BCUT2D eigenvalue weighted by molar-refractivity contribution is 6.21. The van der Waals surface area contributed by atoms with Crippen molar-refractivity contribution in [1.82, 2.24) is 9.55 Å². The number of hydrogen-bond donors (Lipinski definition) is 0. The Morgan fingerprint density at radius 3 is 2.04 bits per heavy atom. The van der Waals surface area contributed by atoms with Crippen molar-refractivity contribution in [3.63, 3.8) is 0 Å². The predicted octanol–water partition coefficient (Wildman–Crippen LogP) is 11.5. The van der Waals surface area contributed by atoms with Crippen LogP contribution < -0.4 is 0 Å². The van der Waals surface area contributed by atoms with Gasteiger partial charge in [0.2, 0.25) is 0 Å². The molecule has 220 valence electrons. The summed E-state index contributed by atoms with van der Waals surface area (Å²) in [7, 11) is 0. The van der Waals surface area contributed by atoms with Gasteiger partial charge in [-0.1, -0.05) is 130 Å². The van der Waals surface area contributed by atoms with Crippen molar-refractivity contribution in [2.24, 2.45) is 0 Å². The minimum absolute atomic E-state index is 0.0150. The quantitative estimate of drug-likeness (QED) is 0.182. The van der Waals surface area contributed by atoms with Gasteiger partial charge in [-0.25, -0.2) is 4.98 Å². The zero-order chi connectivity index (χ0) is 47.2. The molecule has 0 N–H and O–H groups in total. The van der Waals surface area contributed by atoms with Gasteiger partial charge >= 0.3 is 0 Å². The van der Waals surface area contributed by atoms with Crippen LogP contribution in [0, 0.1) is 0 Å². The summed E-state index contributed by atoms with van der Waals surface area (Å²) in [5.74, 6) is -0.464. The first kappa shape index (κ1) is 13.9. The van der Waals surface area contributed by atoms with Gasteiger partial charge in [-0.15, -0.1) is 0 Å². The highest BCUT2D eigenvalue weighted by atomic mass is 15.1. The van der Waals surface area contributed by atoms with Crippen LogP contribution in [0.1, 0.15) is 63.6 Å². The van der Waals surface area contributed by atoms with E-state index in [0.717, 1.165) is 0 Å². The third kappa shape index (κ3) is 3.80. The van der Waals surface area contributed by atoms with Crippen molar-refractivity contribution < 1.29 is 26.0 Å². The molecule has 0 bridgehead atoms. The average molecular weight is 610 g/mol. The highest BCUT2D eigenvalue weighted by Crippen LogP contribution is 2.51. The summed E-state index contributed by atoms with van der Waals surface area (Å²) in [5.41, 5.74) is -1.34. The van der Waals surface area contributed by atoms with Crippen molar-refractivity contribution in [3.05, 3.63) is 156 Å². The Morgan fingerprint density at radius 1 is 0.674 bits per heavy atom. The number of imidazole rings is 1. The summed E-state index contributed by atoms with van der Waals surface area (Å²) in [6.07, 6.45) is -2.99. The van der Waals surface area contributed by atoms with Crippen molar-refractivity contribution in [2.75, 3.05) is 0 Å². The van der Waals surface area contributed by atoms with Gasteiger partial charge in [0, 0.05) is 32.6 Å². The molecular weight excluding hydrogens is 556 g/mol. The summed E-state index contributed by atoms with van der Waals surface area (Å²) >= 11 is 0. The molecule has 1 heterocycles. The van der Waals surface area contributed by atoms with E-state index in [1.807, 2.05) is 0 Å². The van der Waals surface area contributed by atoms with Crippen LogP contribution in [-0.2, 0) is 11.8 Å². The molecule has 7 aromatic carbocycles. The molecule has 0 amide bonds. The Hall–Kier alpha value is -5.47. The van der Waals surface area contributed by atoms with Crippen molar-refractivity contribution in [1.29, 1.82) is 0 Å². The maximum absolute atomic E-state index is 9.44. The lowest BCUT2D eigenvalue weighted by Gasteiger charge is -2.23. The minimum atomic E-state index is -3.18. The van der Waals surface area contributed by atoms with E-state index in [-0.39, 0.29) is 71.7 Å². The van der Waals surface area contributed by atoms with Crippen molar-refractivity contribution in [2.45, 2.75) is 32.3 Å². The molecule has 46 heavy (non-hydrogen) atoms. The van der Waals surface area contributed by atoms with Gasteiger partial charge in [0.25, 0.3) is 0 Å². The molecule has 0 fully saturated rings. The summed E-state index contributed by atoms with van der Waals surface area (Å²) in [4.78, 5) is 4.40. The first-order valence-corrected chi connectivity index (χ1v) is 14.6. The van der Waals surface area contributed by atoms with E-state index in [2.05, 4.69) is 4.98 Å². The molecule has 1 aromatic heterocycles. The van der Waals surface area contributed by atoms with E-state index < -0.39 is 86.5 Å². The Balaban J connectivity index is 1.46. The predicted molar refractivity (Wildman–Crippen MR) is 194 cm³/mol. The van der Waals surface area contributed by atoms with Gasteiger partial charge in [0.1, 0.15) is 5.82 Å². The largest absolute Gasteiger partial charge is 0.296 e. The number of aryl methyl sites for hydroxylation is 1. The Morgan fingerprint density at radius 2 is 1.33 bits per heavy atom. The lowest BCUT2D eigenvalue weighted by atomic mass is 9.80. The van der Waals surface area contributed by atoms with Gasteiger partial charge in [0.05, 0.1) is 22.0 Å². The number of hydrogen-bond acceptors (Lipinski definition) is 1. The first-order valence-electron chi connectivity index (χ1n) is 24.1. The van der Waals surface area contributed by atoms with Gasteiger partial charge in [-0.3, -0.25) is 4.57 Å². The number of benzene rings is 7. The third-order valence-corrected chi connectivity index (χ3v) is 8.77. The van der Waals surface area contributed by atoms with Crippen LogP contribution in [0.25, 0.3) is 71.6 Å². The van der Waals surface area contributed by atoms with Gasteiger partial charge in [-0.2, -0.15) is 0 Å². The lowest BCUT2D eigenvalue weighted by Crippen LogP contribution is -2.14. The monoisotopic (exact) mass is 609 g/mol. The van der Waals surface area contributed by atoms with Crippen LogP contribution >= 0.6 is 0 Å².